The predicted molar refractivity (Wildman–Crippen MR) is 84.8 cm³/mol. The van der Waals surface area contributed by atoms with Crippen molar-refractivity contribution in [3.63, 3.8) is 0 Å². The van der Waals surface area contributed by atoms with Crippen LogP contribution in [0.4, 0.5) is 10.1 Å². The molecular formula is C16H15FN2O2S. The van der Waals surface area contributed by atoms with E-state index in [0.29, 0.717) is 11.4 Å². The van der Waals surface area contributed by atoms with E-state index >= 15 is 0 Å². The van der Waals surface area contributed by atoms with Gasteiger partial charge in [0.15, 0.2) is 0 Å². The first kappa shape index (κ1) is 16.0. The third-order valence-corrected chi connectivity index (χ3v) is 3.85. The molecule has 0 bridgehead atoms. The monoisotopic (exact) mass is 318 g/mol. The highest BCUT2D eigenvalue weighted by molar-refractivity contribution is 7.98. The van der Waals surface area contributed by atoms with Crippen molar-refractivity contribution < 1.29 is 14.0 Å². The van der Waals surface area contributed by atoms with Gasteiger partial charge in [-0.1, -0.05) is 12.1 Å². The lowest BCUT2D eigenvalue weighted by atomic mass is 10.2. The van der Waals surface area contributed by atoms with Crippen LogP contribution >= 0.6 is 11.8 Å². The first-order valence-corrected chi connectivity index (χ1v) is 7.57. The second kappa shape index (κ2) is 7.61. The van der Waals surface area contributed by atoms with Crippen molar-refractivity contribution in [1.29, 1.82) is 0 Å². The van der Waals surface area contributed by atoms with Gasteiger partial charge in [0.05, 0.1) is 0 Å². The fourth-order valence-electron chi connectivity index (χ4n) is 1.79. The Morgan fingerprint density at radius 1 is 1.14 bits per heavy atom. The summed E-state index contributed by atoms with van der Waals surface area (Å²) >= 11 is 1.57. The maximum atomic E-state index is 13.1. The highest BCUT2D eigenvalue weighted by Crippen LogP contribution is 2.24. The van der Waals surface area contributed by atoms with E-state index in [1.165, 1.54) is 12.1 Å². The van der Waals surface area contributed by atoms with E-state index < -0.39 is 11.8 Å². The van der Waals surface area contributed by atoms with Crippen molar-refractivity contribution in [1.82, 2.24) is 0 Å². The molecule has 0 aliphatic carbocycles. The van der Waals surface area contributed by atoms with Gasteiger partial charge in [-0.2, -0.15) is 0 Å². The molecule has 0 fully saturated rings. The second-order valence-corrected chi connectivity index (χ2v) is 5.68. The number of carbonyl (C=O) groups excluding carboxylic acids is 2. The van der Waals surface area contributed by atoms with Crippen molar-refractivity contribution in [3.8, 4) is 0 Å². The fourth-order valence-corrected chi connectivity index (χ4v) is 2.63. The fraction of sp³-hybridized carbons (Fsp3) is 0.125. The van der Waals surface area contributed by atoms with Crippen LogP contribution in [0.5, 0.6) is 0 Å². The van der Waals surface area contributed by atoms with Gasteiger partial charge in [0, 0.05) is 16.3 Å². The molecule has 4 nitrogen and oxygen atoms in total. The van der Waals surface area contributed by atoms with Crippen LogP contribution in [0.1, 0.15) is 12.0 Å². The molecule has 0 spiro atoms. The molecule has 0 saturated heterocycles. The minimum atomic E-state index is -0.667. The number of nitrogens with two attached hydrogens (primary N) is 1. The lowest BCUT2D eigenvalue weighted by Gasteiger charge is -2.06. The van der Waals surface area contributed by atoms with Gasteiger partial charge in [-0.3, -0.25) is 9.59 Å². The molecule has 0 saturated carbocycles. The Kier molecular flexibility index (Phi) is 5.55. The lowest BCUT2D eigenvalue weighted by Crippen LogP contribution is -2.21. The van der Waals surface area contributed by atoms with Crippen molar-refractivity contribution in [2.45, 2.75) is 17.1 Å². The topological polar surface area (TPSA) is 72.2 Å². The average Bonchev–Trinajstić information content (AvgIpc) is 2.46. The van der Waals surface area contributed by atoms with Gasteiger partial charge in [0.1, 0.15) is 12.2 Å². The molecule has 0 aliphatic rings. The quantitative estimate of drug-likeness (QED) is 0.635. The van der Waals surface area contributed by atoms with E-state index in [2.05, 4.69) is 5.32 Å². The molecule has 2 aromatic rings. The number of hydrogen-bond donors (Lipinski definition) is 2. The molecule has 2 amide bonds. The van der Waals surface area contributed by atoms with Crippen molar-refractivity contribution in [3.05, 3.63) is 59.9 Å². The molecule has 0 radical (unpaired) electrons. The first-order chi connectivity index (χ1) is 10.5. The Morgan fingerprint density at radius 3 is 2.50 bits per heavy atom. The van der Waals surface area contributed by atoms with E-state index in [0.717, 1.165) is 10.5 Å². The SMILES string of the molecule is NC(=O)CC(=O)Nc1ccc(SCc2cccc(F)c2)cc1. The summed E-state index contributed by atoms with van der Waals surface area (Å²) in [5.74, 6) is -0.691. The number of anilines is 1. The van der Waals surface area contributed by atoms with Crippen LogP contribution in [0, 0.1) is 5.82 Å². The van der Waals surface area contributed by atoms with E-state index in [1.807, 2.05) is 18.2 Å². The summed E-state index contributed by atoms with van der Waals surface area (Å²) in [7, 11) is 0. The number of primary amides is 1. The Morgan fingerprint density at radius 2 is 1.86 bits per heavy atom. The van der Waals surface area contributed by atoms with Crippen molar-refractivity contribution >= 4 is 29.3 Å². The van der Waals surface area contributed by atoms with E-state index in [4.69, 9.17) is 5.73 Å². The van der Waals surface area contributed by atoms with Gasteiger partial charge in [-0.05, 0) is 42.0 Å². The van der Waals surface area contributed by atoms with Gasteiger partial charge in [0.25, 0.3) is 0 Å². The highest BCUT2D eigenvalue weighted by atomic mass is 32.2. The third kappa shape index (κ3) is 5.21. The van der Waals surface area contributed by atoms with E-state index in [9.17, 15) is 14.0 Å². The zero-order valence-corrected chi connectivity index (χ0v) is 12.5. The zero-order valence-electron chi connectivity index (χ0n) is 11.7. The van der Waals surface area contributed by atoms with Crippen LogP contribution in [0.2, 0.25) is 0 Å². The van der Waals surface area contributed by atoms with Crippen molar-refractivity contribution in [2.24, 2.45) is 5.73 Å². The summed E-state index contributed by atoms with van der Waals surface area (Å²) in [4.78, 5) is 23.0. The van der Waals surface area contributed by atoms with E-state index in [1.54, 1.807) is 30.0 Å². The van der Waals surface area contributed by atoms with Crippen molar-refractivity contribution in [2.75, 3.05) is 5.32 Å². The molecule has 22 heavy (non-hydrogen) atoms. The first-order valence-electron chi connectivity index (χ1n) is 6.58. The summed E-state index contributed by atoms with van der Waals surface area (Å²) in [6.07, 6.45) is -0.337. The summed E-state index contributed by atoms with van der Waals surface area (Å²) in [6, 6.07) is 13.7. The molecule has 2 rings (SSSR count). The summed E-state index contributed by atoms with van der Waals surface area (Å²) < 4.78 is 13.1. The standard InChI is InChI=1S/C16H15FN2O2S/c17-12-3-1-2-11(8-12)10-22-14-6-4-13(5-7-14)19-16(21)9-15(18)20/h1-8H,9-10H2,(H2,18,20)(H,19,21). The van der Waals surface area contributed by atoms with E-state index in [-0.39, 0.29) is 12.2 Å². The average molecular weight is 318 g/mol. The molecule has 2 aromatic carbocycles. The maximum Gasteiger partial charge on any atom is 0.233 e. The largest absolute Gasteiger partial charge is 0.369 e. The molecule has 0 unspecified atom stereocenters. The molecule has 3 N–H and O–H groups in total. The minimum Gasteiger partial charge on any atom is -0.369 e. The summed E-state index contributed by atoms with van der Waals surface area (Å²) in [5.41, 5.74) is 6.45. The molecule has 0 aromatic heterocycles. The smallest absolute Gasteiger partial charge is 0.233 e. The molecule has 0 aliphatic heterocycles. The normalized spacial score (nSPS) is 10.2. The Bertz CT molecular complexity index is 674. The van der Waals surface area contributed by atoms with Crippen LogP contribution < -0.4 is 11.1 Å². The van der Waals surface area contributed by atoms with Gasteiger partial charge < -0.3 is 11.1 Å². The predicted octanol–water partition coefficient (Wildman–Crippen LogP) is 2.93. The number of rotatable bonds is 6. The summed E-state index contributed by atoms with van der Waals surface area (Å²) in [6.45, 7) is 0. The number of thioether (sulfide) groups is 1. The van der Waals surface area contributed by atoms with Crippen LogP contribution in [0.3, 0.4) is 0 Å². The van der Waals surface area contributed by atoms with Gasteiger partial charge in [-0.15, -0.1) is 11.8 Å². The second-order valence-electron chi connectivity index (χ2n) is 4.63. The molecule has 0 atom stereocenters. The number of benzene rings is 2. The Balaban J connectivity index is 1.89. The Labute approximate surface area is 131 Å². The van der Waals surface area contributed by atoms with Crippen LogP contribution in [0.25, 0.3) is 0 Å². The number of nitrogens with one attached hydrogen (secondary N) is 1. The minimum absolute atomic E-state index is 0.245. The van der Waals surface area contributed by atoms with Gasteiger partial charge >= 0.3 is 0 Å². The molecule has 114 valence electrons. The Hall–Kier alpha value is -2.34. The summed E-state index contributed by atoms with van der Waals surface area (Å²) in [5, 5.41) is 2.58. The highest BCUT2D eigenvalue weighted by Gasteiger charge is 2.06. The zero-order chi connectivity index (χ0) is 15.9. The maximum absolute atomic E-state index is 13.1. The molecular weight excluding hydrogens is 303 g/mol. The number of carbonyl (C=O) groups is 2. The van der Waals surface area contributed by atoms with Gasteiger partial charge in [0.2, 0.25) is 11.8 Å². The van der Waals surface area contributed by atoms with Crippen LogP contribution in [0.15, 0.2) is 53.4 Å². The lowest BCUT2D eigenvalue weighted by molar-refractivity contribution is -0.124. The number of amides is 2. The molecule has 6 heteroatoms. The third-order valence-electron chi connectivity index (χ3n) is 2.77. The number of halogens is 1. The van der Waals surface area contributed by atoms with Gasteiger partial charge in [-0.25, -0.2) is 4.39 Å². The van der Waals surface area contributed by atoms with Crippen LogP contribution in [-0.4, -0.2) is 11.8 Å². The number of hydrogen-bond acceptors (Lipinski definition) is 3. The van der Waals surface area contributed by atoms with Crippen LogP contribution in [-0.2, 0) is 15.3 Å². The molecule has 0 heterocycles.